The summed E-state index contributed by atoms with van der Waals surface area (Å²) in [6.45, 7) is 2.37. The summed E-state index contributed by atoms with van der Waals surface area (Å²) in [6.07, 6.45) is 0.508. The Balaban J connectivity index is 0.000000212. The number of nitrogens with two attached hydrogens (primary N) is 1. The predicted molar refractivity (Wildman–Crippen MR) is 122 cm³/mol. The van der Waals surface area contributed by atoms with Gasteiger partial charge in [0.15, 0.2) is 11.5 Å². The molecule has 4 aromatic rings. The number of fused-ring (bicyclic) bond motifs is 2. The number of rotatable bonds is 4. The smallest absolute Gasteiger partial charge is 0.241 e. The molecule has 158 valence electrons. The van der Waals surface area contributed by atoms with Crippen LogP contribution in [0.4, 0.5) is 5.69 Å². The fourth-order valence-electron chi connectivity index (χ4n) is 3.51. The first kappa shape index (κ1) is 20.5. The van der Waals surface area contributed by atoms with Gasteiger partial charge < -0.3 is 25.5 Å². The second-order valence-corrected chi connectivity index (χ2v) is 7.29. The Morgan fingerprint density at radius 1 is 0.968 bits per heavy atom. The zero-order valence-electron chi connectivity index (χ0n) is 17.3. The fraction of sp³-hybridized carbons (Fsp3) is 0.160. The Kier molecular flexibility index (Phi) is 6.19. The third kappa shape index (κ3) is 4.87. The van der Waals surface area contributed by atoms with Crippen LogP contribution in [-0.4, -0.2) is 23.7 Å². The van der Waals surface area contributed by atoms with E-state index >= 15 is 0 Å². The van der Waals surface area contributed by atoms with E-state index in [9.17, 15) is 4.79 Å². The van der Waals surface area contributed by atoms with Crippen LogP contribution < -0.4 is 20.5 Å². The maximum Gasteiger partial charge on any atom is 0.241 e. The lowest BCUT2D eigenvalue weighted by Crippen LogP contribution is -2.37. The number of para-hydroxylation sites is 4. The van der Waals surface area contributed by atoms with Gasteiger partial charge in [0.1, 0.15) is 0 Å². The van der Waals surface area contributed by atoms with E-state index in [-0.39, 0.29) is 5.91 Å². The van der Waals surface area contributed by atoms with Crippen LogP contribution in [0.2, 0.25) is 0 Å². The van der Waals surface area contributed by atoms with Crippen molar-refractivity contribution in [3.63, 3.8) is 0 Å². The lowest BCUT2D eigenvalue weighted by Gasteiger charge is -2.12. The second kappa shape index (κ2) is 9.36. The van der Waals surface area contributed by atoms with E-state index in [1.165, 1.54) is 0 Å². The molecule has 4 N–H and O–H groups in total. The van der Waals surface area contributed by atoms with Crippen molar-refractivity contribution in [3.05, 3.63) is 90.1 Å². The summed E-state index contributed by atoms with van der Waals surface area (Å²) in [6, 6.07) is 24.5. The van der Waals surface area contributed by atoms with E-state index in [0.717, 1.165) is 39.3 Å². The molecule has 6 heteroatoms. The highest BCUT2D eigenvalue weighted by atomic mass is 16.7. The molecule has 3 aromatic carbocycles. The maximum absolute atomic E-state index is 12.2. The van der Waals surface area contributed by atoms with Crippen molar-refractivity contribution in [2.24, 2.45) is 5.73 Å². The summed E-state index contributed by atoms with van der Waals surface area (Å²) in [5.74, 6) is 1.52. The quantitative estimate of drug-likeness (QED) is 0.461. The van der Waals surface area contributed by atoms with E-state index in [2.05, 4.69) is 16.4 Å². The summed E-state index contributed by atoms with van der Waals surface area (Å²) in [7, 11) is 0. The summed E-state index contributed by atoms with van der Waals surface area (Å²) < 4.78 is 10.2. The molecule has 0 radical (unpaired) electrons. The predicted octanol–water partition coefficient (Wildman–Crippen LogP) is 4.40. The van der Waals surface area contributed by atoms with Crippen molar-refractivity contribution in [1.29, 1.82) is 0 Å². The lowest BCUT2D eigenvalue weighted by atomic mass is 10.0. The Hall–Kier alpha value is -3.77. The molecular formula is C25H25N3O3. The van der Waals surface area contributed by atoms with Gasteiger partial charge in [-0.2, -0.15) is 0 Å². The molecule has 0 fully saturated rings. The summed E-state index contributed by atoms with van der Waals surface area (Å²) in [4.78, 5) is 15.6. The number of amides is 1. The monoisotopic (exact) mass is 415 g/mol. The summed E-state index contributed by atoms with van der Waals surface area (Å²) >= 11 is 0. The molecule has 1 aromatic heterocycles. The standard InChI is InChI=1S/C18H19N3O.C7H6O2/c1-12-15(14-9-5-6-10-17(14)20-12)11-16(19)18(22)21-13-7-3-2-4-8-13;1-2-4-7-6(3-1)8-5-9-7/h2-10,16,20H,11,19H2,1H3,(H,21,22);1-4H,5H2/t16-;/m0./s1. The van der Waals surface area contributed by atoms with Gasteiger partial charge in [-0.1, -0.05) is 48.5 Å². The maximum atomic E-state index is 12.2. The van der Waals surface area contributed by atoms with Gasteiger partial charge in [0.2, 0.25) is 12.7 Å². The van der Waals surface area contributed by atoms with Gasteiger partial charge in [-0.25, -0.2) is 0 Å². The fourth-order valence-corrected chi connectivity index (χ4v) is 3.51. The minimum Gasteiger partial charge on any atom is -0.454 e. The van der Waals surface area contributed by atoms with E-state index in [1.54, 1.807) is 0 Å². The number of carbonyl (C=O) groups is 1. The van der Waals surface area contributed by atoms with Crippen molar-refractivity contribution in [2.75, 3.05) is 12.1 Å². The Labute approximate surface area is 181 Å². The summed E-state index contributed by atoms with van der Waals surface area (Å²) in [5.41, 5.74) is 10.1. The van der Waals surface area contributed by atoms with Gasteiger partial charge in [-0.05, 0) is 49.2 Å². The molecule has 0 unspecified atom stereocenters. The minimum absolute atomic E-state index is 0.170. The minimum atomic E-state index is -0.585. The van der Waals surface area contributed by atoms with Gasteiger partial charge in [0.25, 0.3) is 0 Å². The number of aryl methyl sites for hydroxylation is 1. The molecule has 1 amide bonds. The van der Waals surface area contributed by atoms with Crippen LogP contribution in [0.3, 0.4) is 0 Å². The number of aromatic amines is 1. The first-order chi connectivity index (χ1) is 15.1. The number of benzene rings is 3. The molecule has 0 saturated heterocycles. The van der Waals surface area contributed by atoms with E-state index in [1.807, 2.05) is 79.7 Å². The zero-order valence-corrected chi connectivity index (χ0v) is 17.3. The number of hydrogen-bond acceptors (Lipinski definition) is 4. The molecular weight excluding hydrogens is 390 g/mol. The molecule has 1 aliphatic heterocycles. The third-order valence-corrected chi connectivity index (χ3v) is 5.11. The van der Waals surface area contributed by atoms with E-state index in [4.69, 9.17) is 15.2 Å². The van der Waals surface area contributed by atoms with Crippen LogP contribution in [0.15, 0.2) is 78.9 Å². The number of nitrogens with one attached hydrogen (secondary N) is 2. The number of H-pyrrole nitrogens is 1. The van der Waals surface area contributed by atoms with Crippen LogP contribution in [0.5, 0.6) is 11.5 Å². The lowest BCUT2D eigenvalue weighted by molar-refractivity contribution is -0.117. The van der Waals surface area contributed by atoms with Crippen LogP contribution in [0.25, 0.3) is 10.9 Å². The zero-order chi connectivity index (χ0) is 21.6. The topological polar surface area (TPSA) is 89.4 Å². The van der Waals surface area contributed by atoms with E-state index in [0.29, 0.717) is 13.2 Å². The van der Waals surface area contributed by atoms with Crippen molar-refractivity contribution in [2.45, 2.75) is 19.4 Å². The highest BCUT2D eigenvalue weighted by Gasteiger charge is 2.18. The number of aromatic nitrogens is 1. The first-order valence-corrected chi connectivity index (χ1v) is 10.1. The Morgan fingerprint density at radius 2 is 1.58 bits per heavy atom. The van der Waals surface area contributed by atoms with Crippen molar-refractivity contribution in [1.82, 2.24) is 4.98 Å². The van der Waals surface area contributed by atoms with Gasteiger partial charge in [0, 0.05) is 22.3 Å². The average molecular weight is 415 g/mol. The largest absolute Gasteiger partial charge is 0.454 e. The second-order valence-electron chi connectivity index (χ2n) is 7.29. The van der Waals surface area contributed by atoms with Crippen LogP contribution >= 0.6 is 0 Å². The molecule has 0 aliphatic carbocycles. The van der Waals surface area contributed by atoms with Crippen molar-refractivity contribution < 1.29 is 14.3 Å². The van der Waals surface area contributed by atoms with Crippen LogP contribution in [0.1, 0.15) is 11.3 Å². The average Bonchev–Trinajstić information content (AvgIpc) is 3.39. The van der Waals surface area contributed by atoms with Crippen LogP contribution in [-0.2, 0) is 11.2 Å². The molecule has 2 heterocycles. The van der Waals surface area contributed by atoms with Gasteiger partial charge >= 0.3 is 0 Å². The van der Waals surface area contributed by atoms with E-state index < -0.39 is 6.04 Å². The number of anilines is 1. The third-order valence-electron chi connectivity index (χ3n) is 5.11. The van der Waals surface area contributed by atoms with Gasteiger partial charge in [-0.3, -0.25) is 4.79 Å². The molecule has 0 spiro atoms. The molecule has 1 aliphatic rings. The number of ether oxygens (including phenoxy) is 2. The Bertz CT molecular complexity index is 1150. The Morgan fingerprint density at radius 3 is 2.29 bits per heavy atom. The normalized spacial score (nSPS) is 12.7. The molecule has 6 nitrogen and oxygen atoms in total. The molecule has 0 saturated carbocycles. The van der Waals surface area contributed by atoms with Gasteiger partial charge in [0.05, 0.1) is 6.04 Å². The summed E-state index contributed by atoms with van der Waals surface area (Å²) in [5, 5.41) is 3.98. The molecule has 1 atom stereocenters. The number of hydrogen-bond donors (Lipinski definition) is 3. The SMILES string of the molecule is Cc1[nH]c2ccccc2c1C[C@H](N)C(=O)Nc1ccccc1.c1ccc2c(c1)OCO2. The molecule has 31 heavy (non-hydrogen) atoms. The number of carbonyl (C=O) groups excluding carboxylic acids is 1. The van der Waals surface area contributed by atoms with Gasteiger partial charge in [-0.15, -0.1) is 0 Å². The molecule has 5 rings (SSSR count). The molecule has 0 bridgehead atoms. The van der Waals surface area contributed by atoms with Crippen molar-refractivity contribution >= 4 is 22.5 Å². The highest BCUT2D eigenvalue weighted by Crippen LogP contribution is 2.30. The van der Waals surface area contributed by atoms with Crippen LogP contribution in [0, 0.1) is 6.92 Å². The highest BCUT2D eigenvalue weighted by molar-refractivity contribution is 5.95. The van der Waals surface area contributed by atoms with Crippen molar-refractivity contribution in [3.8, 4) is 11.5 Å². The first-order valence-electron chi connectivity index (χ1n) is 10.1.